The lowest BCUT2D eigenvalue weighted by Gasteiger charge is -2.23. The minimum absolute atomic E-state index is 0.0165. The lowest BCUT2D eigenvalue weighted by molar-refractivity contribution is -0.00137. The topological polar surface area (TPSA) is 107 Å². The number of nitrogens with two attached hydrogens (primary N) is 1. The first-order valence-corrected chi connectivity index (χ1v) is 11.8. The van der Waals surface area contributed by atoms with Gasteiger partial charge in [-0.25, -0.2) is 0 Å². The molecule has 0 aliphatic rings. The van der Waals surface area contributed by atoms with Crippen LogP contribution in [-0.2, 0) is 0 Å². The van der Waals surface area contributed by atoms with Crippen LogP contribution < -0.4 is 5.73 Å². The Morgan fingerprint density at radius 2 is 1.37 bits per heavy atom. The van der Waals surface area contributed by atoms with Crippen LogP contribution in [0.2, 0.25) is 0 Å². The van der Waals surface area contributed by atoms with E-state index in [1.54, 1.807) is 18.2 Å². The van der Waals surface area contributed by atoms with Gasteiger partial charge in [0.25, 0.3) is 0 Å². The number of phenols is 1. The highest BCUT2D eigenvalue weighted by Crippen LogP contribution is 2.21. The largest absolute Gasteiger partial charge is 0.511 e. The Hall–Kier alpha value is -1.56. The van der Waals surface area contributed by atoms with Crippen molar-refractivity contribution in [2.24, 2.45) is 5.73 Å². The van der Waals surface area contributed by atoms with E-state index in [1.807, 2.05) is 0 Å². The maximum atomic E-state index is 10.2. The van der Waals surface area contributed by atoms with Crippen LogP contribution in [0.25, 0.3) is 6.08 Å². The Morgan fingerprint density at radius 1 is 0.867 bits per heavy atom. The number of hydrogen-bond donors (Lipinski definition) is 5. The monoisotopic (exact) mass is 421 g/mol. The molecule has 1 rings (SSSR count). The quantitative estimate of drug-likeness (QED) is 0.170. The molecule has 6 N–H and O–H groups in total. The normalized spacial score (nSPS) is 15.1. The summed E-state index contributed by atoms with van der Waals surface area (Å²) >= 11 is 0. The first kappa shape index (κ1) is 26.5. The van der Waals surface area contributed by atoms with E-state index in [4.69, 9.17) is 5.73 Å². The van der Waals surface area contributed by atoms with Gasteiger partial charge in [-0.3, -0.25) is 0 Å². The van der Waals surface area contributed by atoms with Crippen molar-refractivity contribution in [3.63, 3.8) is 0 Å². The van der Waals surface area contributed by atoms with E-state index in [9.17, 15) is 20.4 Å². The Labute approximate surface area is 182 Å². The van der Waals surface area contributed by atoms with Crippen LogP contribution in [0.1, 0.15) is 96.0 Å². The van der Waals surface area contributed by atoms with E-state index in [2.05, 4.69) is 6.92 Å². The zero-order valence-electron chi connectivity index (χ0n) is 18.7. The van der Waals surface area contributed by atoms with Crippen LogP contribution in [-0.4, -0.2) is 38.7 Å². The number of para-hydroxylation sites is 1. The Bertz CT molecular complexity index is 590. The maximum Gasteiger partial charge on any atom is 0.122 e. The summed E-state index contributed by atoms with van der Waals surface area (Å²) in [7, 11) is 0. The average molecular weight is 422 g/mol. The third kappa shape index (κ3) is 11.0. The SMILES string of the molecule is CCCCCCCCCCCCCC[C@@H](O)[C@@H](O)[C@@H](N)C(O)=Cc1ccccc1O. The van der Waals surface area contributed by atoms with Gasteiger partial charge in [0.15, 0.2) is 0 Å². The molecule has 172 valence electrons. The Morgan fingerprint density at radius 3 is 1.90 bits per heavy atom. The fraction of sp³-hybridized carbons (Fsp3) is 0.680. The number of phenolic OH excluding ortho intramolecular Hbond substituents is 1. The van der Waals surface area contributed by atoms with E-state index in [1.165, 1.54) is 69.9 Å². The van der Waals surface area contributed by atoms with Crippen molar-refractivity contribution in [1.82, 2.24) is 0 Å². The van der Waals surface area contributed by atoms with Crippen LogP contribution in [0.4, 0.5) is 0 Å². The molecule has 0 aliphatic carbocycles. The van der Waals surface area contributed by atoms with Gasteiger partial charge >= 0.3 is 0 Å². The lowest BCUT2D eigenvalue weighted by atomic mass is 9.98. The van der Waals surface area contributed by atoms with Crippen LogP contribution in [0.15, 0.2) is 30.0 Å². The predicted octanol–water partition coefficient (Wildman–Crippen LogP) is 5.43. The minimum atomic E-state index is -1.25. The standard InChI is InChI=1S/C25H43NO4/c1-2-3-4-5-6-7-8-9-10-11-12-13-18-22(28)25(30)24(26)23(29)19-20-16-14-15-17-21(20)27/h14-17,19,22,24-25,27-30H,2-13,18,26H2,1H3/t22-,24+,25-/m1/s1. The summed E-state index contributed by atoms with van der Waals surface area (Å²) in [6.07, 6.45) is 14.4. The molecule has 0 saturated carbocycles. The van der Waals surface area contributed by atoms with Gasteiger partial charge in [-0.2, -0.15) is 0 Å². The molecule has 0 aliphatic heterocycles. The van der Waals surface area contributed by atoms with E-state index in [0.717, 1.165) is 19.3 Å². The second-order valence-electron chi connectivity index (χ2n) is 8.39. The smallest absolute Gasteiger partial charge is 0.122 e. The van der Waals surface area contributed by atoms with Gasteiger partial charge in [-0.05, 0) is 18.6 Å². The van der Waals surface area contributed by atoms with Crippen LogP contribution in [0, 0.1) is 0 Å². The van der Waals surface area contributed by atoms with Gasteiger partial charge in [-0.1, -0.05) is 102 Å². The summed E-state index contributed by atoms with van der Waals surface area (Å²) in [6, 6.07) is 5.44. The Balaban J connectivity index is 2.16. The van der Waals surface area contributed by atoms with Gasteiger partial charge in [-0.15, -0.1) is 0 Å². The maximum absolute atomic E-state index is 10.2. The number of aliphatic hydroxyl groups is 3. The molecular formula is C25H43NO4. The molecule has 0 amide bonds. The number of aromatic hydroxyl groups is 1. The molecule has 0 aromatic heterocycles. The molecule has 0 spiro atoms. The van der Waals surface area contributed by atoms with Crippen LogP contribution in [0.3, 0.4) is 0 Å². The number of rotatable bonds is 17. The molecule has 5 heteroatoms. The molecule has 1 aromatic rings. The van der Waals surface area contributed by atoms with E-state index >= 15 is 0 Å². The van der Waals surface area contributed by atoms with E-state index in [-0.39, 0.29) is 11.5 Å². The number of benzene rings is 1. The Kier molecular flexibility index (Phi) is 14.3. The minimum Gasteiger partial charge on any atom is -0.511 e. The van der Waals surface area contributed by atoms with Gasteiger partial charge in [0, 0.05) is 5.56 Å². The fourth-order valence-electron chi connectivity index (χ4n) is 3.64. The molecule has 3 atom stereocenters. The van der Waals surface area contributed by atoms with Crippen LogP contribution >= 0.6 is 0 Å². The van der Waals surface area contributed by atoms with Crippen molar-refractivity contribution in [3.05, 3.63) is 35.6 Å². The molecule has 0 bridgehead atoms. The summed E-state index contributed by atoms with van der Waals surface area (Å²) < 4.78 is 0. The highest BCUT2D eigenvalue weighted by atomic mass is 16.3. The molecular weight excluding hydrogens is 378 g/mol. The van der Waals surface area contributed by atoms with Crippen molar-refractivity contribution >= 4 is 6.08 Å². The predicted molar refractivity (Wildman–Crippen MR) is 124 cm³/mol. The lowest BCUT2D eigenvalue weighted by Crippen LogP contribution is -2.44. The molecule has 0 unspecified atom stereocenters. The van der Waals surface area contributed by atoms with E-state index in [0.29, 0.717) is 12.0 Å². The molecule has 5 nitrogen and oxygen atoms in total. The molecule has 0 saturated heterocycles. The number of unbranched alkanes of at least 4 members (excludes halogenated alkanes) is 11. The van der Waals surface area contributed by atoms with Crippen molar-refractivity contribution in [3.8, 4) is 5.75 Å². The molecule has 30 heavy (non-hydrogen) atoms. The first-order valence-electron chi connectivity index (χ1n) is 11.8. The molecule has 0 heterocycles. The fourth-order valence-corrected chi connectivity index (χ4v) is 3.64. The second-order valence-corrected chi connectivity index (χ2v) is 8.39. The second kappa shape index (κ2) is 16.2. The average Bonchev–Trinajstić information content (AvgIpc) is 2.74. The highest BCUT2D eigenvalue weighted by molar-refractivity contribution is 5.58. The number of hydrogen-bond acceptors (Lipinski definition) is 5. The number of aliphatic hydroxyl groups excluding tert-OH is 3. The van der Waals surface area contributed by atoms with Crippen molar-refractivity contribution in [2.45, 2.75) is 109 Å². The van der Waals surface area contributed by atoms with Gasteiger partial charge in [0.05, 0.1) is 12.1 Å². The zero-order valence-corrected chi connectivity index (χ0v) is 18.7. The summed E-state index contributed by atoms with van der Waals surface area (Å²) in [6.45, 7) is 2.24. The van der Waals surface area contributed by atoms with Crippen molar-refractivity contribution in [1.29, 1.82) is 0 Å². The molecule has 1 aromatic carbocycles. The van der Waals surface area contributed by atoms with E-state index < -0.39 is 18.2 Å². The van der Waals surface area contributed by atoms with Crippen molar-refractivity contribution in [2.75, 3.05) is 0 Å². The molecule has 0 fully saturated rings. The summed E-state index contributed by atoms with van der Waals surface area (Å²) in [4.78, 5) is 0. The molecule has 0 radical (unpaired) electrons. The van der Waals surface area contributed by atoms with Gasteiger partial charge < -0.3 is 26.2 Å². The first-order chi connectivity index (χ1) is 14.5. The third-order valence-corrected chi connectivity index (χ3v) is 5.70. The summed E-state index contributed by atoms with van der Waals surface area (Å²) in [5.41, 5.74) is 6.30. The summed E-state index contributed by atoms with van der Waals surface area (Å²) in [5, 5.41) is 40.3. The third-order valence-electron chi connectivity index (χ3n) is 5.70. The van der Waals surface area contributed by atoms with Crippen LogP contribution in [0.5, 0.6) is 5.75 Å². The van der Waals surface area contributed by atoms with Crippen molar-refractivity contribution < 1.29 is 20.4 Å². The van der Waals surface area contributed by atoms with Gasteiger partial charge in [0.1, 0.15) is 17.6 Å². The highest BCUT2D eigenvalue weighted by Gasteiger charge is 2.26. The zero-order chi connectivity index (χ0) is 22.2. The van der Waals surface area contributed by atoms with Gasteiger partial charge in [0.2, 0.25) is 0 Å². The summed E-state index contributed by atoms with van der Waals surface area (Å²) in [5.74, 6) is -0.250.